The van der Waals surface area contributed by atoms with Crippen LogP contribution < -0.4 is 4.90 Å². The van der Waals surface area contributed by atoms with Crippen LogP contribution in [-0.2, 0) is 6.54 Å². The standard InChI is InChI=1S/C21H25N3/c1-19(16-20-8-4-2-5-9-20)17-22-24-14-12-23(13-15-24)18-21-10-6-3-7-11-21/h2-11,16-17H,12-15,18H2,1H3/p+1/b19-16+,22-17-. The van der Waals surface area contributed by atoms with E-state index >= 15 is 0 Å². The van der Waals surface area contributed by atoms with Gasteiger partial charge in [0, 0.05) is 11.8 Å². The molecule has 2 aromatic rings. The van der Waals surface area contributed by atoms with Crippen LogP contribution in [0.2, 0.25) is 0 Å². The van der Waals surface area contributed by atoms with Gasteiger partial charge in [0.15, 0.2) is 0 Å². The van der Waals surface area contributed by atoms with Crippen LogP contribution in [0.25, 0.3) is 6.08 Å². The Bertz CT molecular complexity index is 669. The maximum Gasteiger partial charge on any atom is 0.103 e. The van der Waals surface area contributed by atoms with Crippen LogP contribution in [0.15, 0.2) is 71.3 Å². The molecule has 0 radical (unpaired) electrons. The third-order valence-electron chi connectivity index (χ3n) is 4.36. The molecule has 0 bridgehead atoms. The normalized spacial score (nSPS) is 16.7. The lowest BCUT2D eigenvalue weighted by Gasteiger charge is -2.30. The summed E-state index contributed by atoms with van der Waals surface area (Å²) in [7, 11) is 0. The molecule has 1 aliphatic heterocycles. The zero-order chi connectivity index (χ0) is 16.6. The highest BCUT2D eigenvalue weighted by Crippen LogP contribution is 2.05. The Morgan fingerprint density at radius 3 is 2.29 bits per heavy atom. The molecular formula is C21H26N3+. The second-order valence-corrected chi connectivity index (χ2v) is 6.41. The van der Waals surface area contributed by atoms with Crippen LogP contribution in [0.1, 0.15) is 18.1 Å². The lowest BCUT2D eigenvalue weighted by molar-refractivity contribution is -0.918. The minimum Gasteiger partial charge on any atom is -0.328 e. The van der Waals surface area contributed by atoms with Gasteiger partial charge in [-0.1, -0.05) is 66.7 Å². The first-order valence-electron chi connectivity index (χ1n) is 8.69. The van der Waals surface area contributed by atoms with Crippen molar-refractivity contribution in [2.24, 2.45) is 5.10 Å². The van der Waals surface area contributed by atoms with Crippen molar-refractivity contribution in [1.29, 1.82) is 0 Å². The van der Waals surface area contributed by atoms with E-state index in [4.69, 9.17) is 0 Å². The molecule has 0 amide bonds. The molecular weight excluding hydrogens is 294 g/mol. The summed E-state index contributed by atoms with van der Waals surface area (Å²) in [5.41, 5.74) is 3.82. The fraction of sp³-hybridized carbons (Fsp3) is 0.286. The van der Waals surface area contributed by atoms with E-state index in [-0.39, 0.29) is 0 Å². The Morgan fingerprint density at radius 2 is 1.62 bits per heavy atom. The Balaban J connectivity index is 1.47. The number of allylic oxidation sites excluding steroid dienone is 1. The van der Waals surface area contributed by atoms with E-state index in [1.54, 1.807) is 4.90 Å². The molecule has 1 aliphatic rings. The second-order valence-electron chi connectivity index (χ2n) is 6.41. The lowest BCUT2D eigenvalue weighted by atomic mass is 10.1. The number of nitrogens with zero attached hydrogens (tertiary/aromatic N) is 2. The van der Waals surface area contributed by atoms with Crippen molar-refractivity contribution in [2.45, 2.75) is 13.5 Å². The number of piperazine rings is 1. The van der Waals surface area contributed by atoms with Gasteiger partial charge in [-0.05, 0) is 18.1 Å². The lowest BCUT2D eigenvalue weighted by Crippen LogP contribution is -3.13. The quantitative estimate of drug-likeness (QED) is 0.839. The summed E-state index contributed by atoms with van der Waals surface area (Å²) in [6, 6.07) is 21.1. The van der Waals surface area contributed by atoms with E-state index in [1.807, 2.05) is 12.3 Å². The number of nitrogens with one attached hydrogen (secondary N) is 1. The van der Waals surface area contributed by atoms with Gasteiger partial charge in [0.25, 0.3) is 0 Å². The predicted octanol–water partition coefficient (Wildman–Crippen LogP) is 2.48. The van der Waals surface area contributed by atoms with Crippen molar-refractivity contribution in [1.82, 2.24) is 5.01 Å². The molecule has 3 heteroatoms. The van der Waals surface area contributed by atoms with Gasteiger partial charge in [0.1, 0.15) is 6.54 Å². The monoisotopic (exact) mass is 320 g/mol. The Hall–Kier alpha value is -2.39. The maximum absolute atomic E-state index is 4.65. The van der Waals surface area contributed by atoms with Gasteiger partial charge in [-0.2, -0.15) is 5.10 Å². The first-order chi connectivity index (χ1) is 11.8. The van der Waals surface area contributed by atoms with E-state index in [0.29, 0.717) is 0 Å². The maximum atomic E-state index is 4.65. The molecule has 0 unspecified atom stereocenters. The predicted molar refractivity (Wildman–Crippen MR) is 101 cm³/mol. The highest BCUT2D eigenvalue weighted by molar-refractivity contribution is 5.84. The number of hydrogen-bond donors (Lipinski definition) is 1. The van der Waals surface area contributed by atoms with Gasteiger partial charge in [-0.15, -0.1) is 0 Å². The molecule has 2 aromatic carbocycles. The molecule has 1 N–H and O–H groups in total. The van der Waals surface area contributed by atoms with Crippen LogP contribution >= 0.6 is 0 Å². The van der Waals surface area contributed by atoms with Crippen LogP contribution in [-0.4, -0.2) is 37.4 Å². The molecule has 1 heterocycles. The van der Waals surface area contributed by atoms with E-state index in [9.17, 15) is 0 Å². The third-order valence-corrected chi connectivity index (χ3v) is 4.36. The number of benzene rings is 2. The van der Waals surface area contributed by atoms with Crippen LogP contribution in [0.3, 0.4) is 0 Å². The molecule has 124 valence electrons. The van der Waals surface area contributed by atoms with E-state index in [1.165, 1.54) is 16.7 Å². The molecule has 24 heavy (non-hydrogen) atoms. The first kappa shape index (κ1) is 16.5. The van der Waals surface area contributed by atoms with Crippen LogP contribution in [0, 0.1) is 0 Å². The van der Waals surface area contributed by atoms with Crippen molar-refractivity contribution in [3.05, 3.63) is 77.4 Å². The Labute approximate surface area is 144 Å². The van der Waals surface area contributed by atoms with E-state index < -0.39 is 0 Å². The fourth-order valence-electron chi connectivity index (χ4n) is 3.01. The average molecular weight is 320 g/mol. The molecule has 0 aliphatic carbocycles. The molecule has 1 fully saturated rings. The molecule has 0 aromatic heterocycles. The Kier molecular flexibility index (Phi) is 5.80. The van der Waals surface area contributed by atoms with Gasteiger partial charge < -0.3 is 4.90 Å². The summed E-state index contributed by atoms with van der Waals surface area (Å²) in [5, 5.41) is 6.84. The van der Waals surface area contributed by atoms with E-state index in [0.717, 1.165) is 32.7 Å². The molecule has 0 spiro atoms. The zero-order valence-electron chi connectivity index (χ0n) is 14.4. The topological polar surface area (TPSA) is 20.0 Å². The smallest absolute Gasteiger partial charge is 0.103 e. The van der Waals surface area contributed by atoms with Gasteiger partial charge in [-0.3, -0.25) is 5.01 Å². The molecule has 0 atom stereocenters. The number of quaternary nitrogens is 1. The molecule has 1 saturated heterocycles. The first-order valence-corrected chi connectivity index (χ1v) is 8.69. The second kappa shape index (κ2) is 8.46. The van der Waals surface area contributed by atoms with E-state index in [2.05, 4.69) is 77.7 Å². The van der Waals surface area contributed by atoms with Crippen molar-refractivity contribution < 1.29 is 4.90 Å². The number of hydrazone groups is 1. The highest BCUT2D eigenvalue weighted by atomic mass is 15.5. The summed E-state index contributed by atoms with van der Waals surface area (Å²) in [6.07, 6.45) is 4.15. The summed E-state index contributed by atoms with van der Waals surface area (Å²) in [6.45, 7) is 7.56. The highest BCUT2D eigenvalue weighted by Gasteiger charge is 2.18. The number of hydrogen-bond acceptors (Lipinski definition) is 2. The van der Waals surface area contributed by atoms with Crippen molar-refractivity contribution in [3.8, 4) is 0 Å². The van der Waals surface area contributed by atoms with Crippen molar-refractivity contribution >= 4 is 12.3 Å². The SMILES string of the molecule is CC(/C=N\N1CC[NH+](Cc2ccccc2)CC1)=C\c1ccccc1. The van der Waals surface area contributed by atoms with Gasteiger partial charge in [-0.25, -0.2) is 0 Å². The Morgan fingerprint density at radius 1 is 1.00 bits per heavy atom. The van der Waals surface area contributed by atoms with Crippen LogP contribution in [0.4, 0.5) is 0 Å². The summed E-state index contributed by atoms with van der Waals surface area (Å²) in [4.78, 5) is 1.64. The molecule has 3 nitrogen and oxygen atoms in total. The largest absolute Gasteiger partial charge is 0.328 e. The van der Waals surface area contributed by atoms with Gasteiger partial charge >= 0.3 is 0 Å². The third kappa shape index (κ3) is 5.07. The fourth-order valence-corrected chi connectivity index (χ4v) is 3.01. The minimum absolute atomic E-state index is 1.03. The van der Waals surface area contributed by atoms with Crippen molar-refractivity contribution in [3.63, 3.8) is 0 Å². The summed E-state index contributed by atoms with van der Waals surface area (Å²) >= 11 is 0. The minimum atomic E-state index is 1.03. The van der Waals surface area contributed by atoms with Gasteiger partial charge in [0.05, 0.1) is 26.2 Å². The van der Waals surface area contributed by atoms with Gasteiger partial charge in [0.2, 0.25) is 0 Å². The number of rotatable bonds is 5. The summed E-state index contributed by atoms with van der Waals surface area (Å²) in [5.74, 6) is 0. The molecule has 3 rings (SSSR count). The summed E-state index contributed by atoms with van der Waals surface area (Å²) < 4.78 is 0. The van der Waals surface area contributed by atoms with Crippen LogP contribution in [0.5, 0.6) is 0 Å². The molecule has 0 saturated carbocycles. The average Bonchev–Trinajstić information content (AvgIpc) is 2.63. The zero-order valence-corrected chi connectivity index (χ0v) is 14.4. The van der Waals surface area contributed by atoms with Crippen molar-refractivity contribution in [2.75, 3.05) is 26.2 Å².